The van der Waals surface area contributed by atoms with E-state index in [1.54, 1.807) is 24.3 Å². The van der Waals surface area contributed by atoms with Crippen LogP contribution >= 0.6 is 15.9 Å². The lowest BCUT2D eigenvalue weighted by atomic mass is 10.1. The van der Waals surface area contributed by atoms with Crippen LogP contribution in [0.15, 0.2) is 24.3 Å². The Kier molecular flexibility index (Phi) is 5.35. The summed E-state index contributed by atoms with van der Waals surface area (Å²) in [7, 11) is 0. The smallest absolute Gasteiger partial charge is 0.261 e. The van der Waals surface area contributed by atoms with Crippen molar-refractivity contribution in [1.29, 1.82) is 0 Å². The van der Waals surface area contributed by atoms with Crippen molar-refractivity contribution in [1.82, 2.24) is 4.90 Å². The molecule has 0 radical (unpaired) electrons. The molecule has 0 aliphatic carbocycles. The van der Waals surface area contributed by atoms with Crippen molar-refractivity contribution in [2.45, 2.75) is 20.3 Å². The zero-order valence-corrected chi connectivity index (χ0v) is 11.7. The van der Waals surface area contributed by atoms with E-state index in [1.807, 2.05) is 13.8 Å². The van der Waals surface area contributed by atoms with E-state index in [-0.39, 0.29) is 11.8 Å². The maximum atomic E-state index is 11.8. The van der Waals surface area contributed by atoms with E-state index in [0.717, 1.165) is 11.8 Å². The fourth-order valence-electron chi connectivity index (χ4n) is 1.66. The van der Waals surface area contributed by atoms with Gasteiger partial charge in [0.05, 0.1) is 11.1 Å². The van der Waals surface area contributed by atoms with Crippen LogP contribution < -0.4 is 0 Å². The third-order valence-corrected chi connectivity index (χ3v) is 2.95. The molecule has 0 spiro atoms. The lowest BCUT2D eigenvalue weighted by molar-refractivity contribution is 0.0655. The number of carbonyl (C=O) groups is 2. The predicted molar refractivity (Wildman–Crippen MR) is 71.6 cm³/mol. The first-order valence-corrected chi connectivity index (χ1v) is 6.89. The molecule has 1 aliphatic heterocycles. The molecular formula is C13H16BrNO2. The highest BCUT2D eigenvalue weighted by Crippen LogP contribution is 2.22. The Bertz CT molecular complexity index is 383. The number of alkyl halides is 1. The normalized spacial score (nSPS) is 13.2. The van der Waals surface area contributed by atoms with Gasteiger partial charge in [0.15, 0.2) is 0 Å². The summed E-state index contributed by atoms with van der Waals surface area (Å²) in [6.45, 7) is 4.48. The number of rotatable bonds is 3. The number of hydrogen-bond acceptors (Lipinski definition) is 2. The summed E-state index contributed by atoms with van der Waals surface area (Å²) in [6.07, 6.45) is 0.783. The second kappa shape index (κ2) is 6.55. The minimum atomic E-state index is -0.170. The maximum Gasteiger partial charge on any atom is 0.261 e. The monoisotopic (exact) mass is 297 g/mol. The van der Waals surface area contributed by atoms with Crippen molar-refractivity contribution in [3.05, 3.63) is 35.4 Å². The van der Waals surface area contributed by atoms with E-state index in [1.165, 1.54) is 4.90 Å². The van der Waals surface area contributed by atoms with Crippen LogP contribution in [0.1, 0.15) is 41.0 Å². The van der Waals surface area contributed by atoms with Crippen molar-refractivity contribution < 1.29 is 9.59 Å². The molecule has 4 heteroatoms. The second-order valence-corrected chi connectivity index (χ2v) is 4.14. The van der Waals surface area contributed by atoms with E-state index in [0.29, 0.717) is 17.7 Å². The molecule has 0 unspecified atom stereocenters. The molecule has 92 valence electrons. The molecule has 17 heavy (non-hydrogen) atoms. The molecule has 1 aliphatic rings. The van der Waals surface area contributed by atoms with Gasteiger partial charge in [-0.2, -0.15) is 0 Å². The number of halogens is 1. The largest absolute Gasteiger partial charge is 0.274 e. The van der Waals surface area contributed by atoms with Crippen molar-refractivity contribution in [2.24, 2.45) is 0 Å². The van der Waals surface area contributed by atoms with Crippen LogP contribution in [-0.4, -0.2) is 28.6 Å². The van der Waals surface area contributed by atoms with Crippen molar-refractivity contribution in [3.63, 3.8) is 0 Å². The third kappa shape index (κ3) is 2.75. The van der Waals surface area contributed by atoms with E-state index in [9.17, 15) is 9.59 Å². The summed E-state index contributed by atoms with van der Waals surface area (Å²) < 4.78 is 0. The first-order chi connectivity index (χ1) is 8.25. The standard InChI is InChI=1S/C11H10BrNO2.C2H6/c12-6-3-7-13-10(14)8-4-1-2-5-9(8)11(13)15;1-2/h1-2,4-5H,3,6-7H2;1-2H3. The number of nitrogens with zero attached hydrogens (tertiary/aromatic N) is 1. The van der Waals surface area contributed by atoms with Crippen LogP contribution in [0, 0.1) is 0 Å². The van der Waals surface area contributed by atoms with Crippen molar-refractivity contribution >= 4 is 27.7 Å². The van der Waals surface area contributed by atoms with Gasteiger partial charge in [0, 0.05) is 11.9 Å². The molecule has 0 N–H and O–H groups in total. The number of amides is 2. The molecule has 1 heterocycles. The first-order valence-electron chi connectivity index (χ1n) is 5.77. The zero-order chi connectivity index (χ0) is 12.8. The molecule has 0 aromatic heterocycles. The van der Waals surface area contributed by atoms with E-state index < -0.39 is 0 Å². The molecule has 3 nitrogen and oxygen atoms in total. The molecule has 0 bridgehead atoms. The fourth-order valence-corrected chi connectivity index (χ4v) is 1.91. The van der Waals surface area contributed by atoms with Gasteiger partial charge in [-0.3, -0.25) is 14.5 Å². The van der Waals surface area contributed by atoms with Gasteiger partial charge in [-0.1, -0.05) is 41.9 Å². The number of fused-ring (bicyclic) bond motifs is 1. The average Bonchev–Trinajstić information content (AvgIpc) is 2.63. The SMILES string of the molecule is CC.O=C1c2ccccc2C(=O)N1CCCBr. The molecule has 0 atom stereocenters. The van der Waals surface area contributed by atoms with E-state index in [2.05, 4.69) is 15.9 Å². The second-order valence-electron chi connectivity index (χ2n) is 3.35. The Morgan fingerprint density at radius 2 is 1.53 bits per heavy atom. The van der Waals surface area contributed by atoms with Crippen LogP contribution in [0.3, 0.4) is 0 Å². The van der Waals surface area contributed by atoms with Crippen LogP contribution in [0.5, 0.6) is 0 Å². The Morgan fingerprint density at radius 1 is 1.06 bits per heavy atom. The minimum Gasteiger partial charge on any atom is -0.274 e. The summed E-state index contributed by atoms with van der Waals surface area (Å²) in [5.74, 6) is -0.340. The lowest BCUT2D eigenvalue weighted by Gasteiger charge is -2.11. The van der Waals surface area contributed by atoms with Gasteiger partial charge in [-0.05, 0) is 18.6 Å². The highest BCUT2D eigenvalue weighted by atomic mass is 79.9. The van der Waals surface area contributed by atoms with E-state index >= 15 is 0 Å². The van der Waals surface area contributed by atoms with Gasteiger partial charge >= 0.3 is 0 Å². The van der Waals surface area contributed by atoms with Crippen LogP contribution in [0.4, 0.5) is 0 Å². The summed E-state index contributed by atoms with van der Waals surface area (Å²) in [5, 5.41) is 0.792. The number of benzene rings is 1. The molecule has 2 rings (SSSR count). The molecule has 1 aromatic rings. The number of carbonyl (C=O) groups excluding carboxylic acids is 2. The fraction of sp³-hybridized carbons (Fsp3) is 0.385. The highest BCUT2D eigenvalue weighted by molar-refractivity contribution is 9.09. The first kappa shape index (κ1) is 13.9. The van der Waals surface area contributed by atoms with Gasteiger partial charge in [-0.25, -0.2) is 0 Å². The Labute approximate surface area is 110 Å². The maximum absolute atomic E-state index is 11.8. The van der Waals surface area contributed by atoms with Crippen LogP contribution in [0.2, 0.25) is 0 Å². The predicted octanol–water partition coefficient (Wildman–Crippen LogP) is 3.09. The molecule has 0 saturated heterocycles. The van der Waals surface area contributed by atoms with Gasteiger partial charge in [0.2, 0.25) is 0 Å². The minimum absolute atomic E-state index is 0.170. The number of hydrogen-bond donors (Lipinski definition) is 0. The van der Waals surface area contributed by atoms with Gasteiger partial charge in [0.25, 0.3) is 11.8 Å². The lowest BCUT2D eigenvalue weighted by Crippen LogP contribution is -2.30. The van der Waals surface area contributed by atoms with E-state index in [4.69, 9.17) is 0 Å². The Morgan fingerprint density at radius 3 is 1.94 bits per heavy atom. The number of imide groups is 1. The molecule has 0 fully saturated rings. The quantitative estimate of drug-likeness (QED) is 0.635. The van der Waals surface area contributed by atoms with Crippen LogP contribution in [-0.2, 0) is 0 Å². The molecule has 2 amide bonds. The van der Waals surface area contributed by atoms with Gasteiger partial charge in [0.1, 0.15) is 0 Å². The summed E-state index contributed by atoms with van der Waals surface area (Å²) >= 11 is 3.28. The topological polar surface area (TPSA) is 37.4 Å². The Hall–Kier alpha value is -1.16. The molecule has 0 saturated carbocycles. The zero-order valence-electron chi connectivity index (χ0n) is 10.1. The van der Waals surface area contributed by atoms with Gasteiger partial charge < -0.3 is 0 Å². The van der Waals surface area contributed by atoms with Crippen LogP contribution in [0.25, 0.3) is 0 Å². The summed E-state index contributed by atoms with van der Waals surface area (Å²) in [4.78, 5) is 24.9. The Balaban J connectivity index is 0.000000686. The summed E-state index contributed by atoms with van der Waals surface area (Å²) in [5.41, 5.74) is 1.05. The van der Waals surface area contributed by atoms with Crippen molar-refractivity contribution in [2.75, 3.05) is 11.9 Å². The highest BCUT2D eigenvalue weighted by Gasteiger charge is 2.34. The average molecular weight is 298 g/mol. The molecule has 1 aromatic carbocycles. The summed E-state index contributed by atoms with van der Waals surface area (Å²) in [6, 6.07) is 6.95. The molecular weight excluding hydrogens is 282 g/mol. The van der Waals surface area contributed by atoms with Crippen molar-refractivity contribution in [3.8, 4) is 0 Å². The van der Waals surface area contributed by atoms with Gasteiger partial charge in [-0.15, -0.1) is 0 Å². The third-order valence-electron chi connectivity index (χ3n) is 2.39.